The van der Waals surface area contributed by atoms with Gasteiger partial charge in [0.15, 0.2) is 5.11 Å². The highest BCUT2D eigenvalue weighted by Crippen LogP contribution is 2.18. The summed E-state index contributed by atoms with van der Waals surface area (Å²) < 4.78 is 5.34. The molecule has 6 heteroatoms. The fourth-order valence-electron chi connectivity index (χ4n) is 2.59. The molecular formula is C17H22N4OS. The van der Waals surface area contributed by atoms with Crippen molar-refractivity contribution in [2.45, 2.75) is 0 Å². The van der Waals surface area contributed by atoms with E-state index in [1.165, 1.54) is 10.8 Å². The molecule has 3 rings (SSSR count). The smallest absolute Gasteiger partial charge is 0.185 e. The van der Waals surface area contributed by atoms with Crippen LogP contribution < -0.4 is 16.2 Å². The Morgan fingerprint density at radius 1 is 1.09 bits per heavy atom. The summed E-state index contributed by atoms with van der Waals surface area (Å²) in [5.41, 5.74) is 7.15. The van der Waals surface area contributed by atoms with Gasteiger partial charge in [-0.3, -0.25) is 15.8 Å². The van der Waals surface area contributed by atoms with Gasteiger partial charge in [-0.2, -0.15) is 0 Å². The second-order valence-corrected chi connectivity index (χ2v) is 5.93. The topological polar surface area (TPSA) is 48.6 Å². The lowest BCUT2D eigenvalue weighted by atomic mass is 10.1. The fourth-order valence-corrected chi connectivity index (χ4v) is 2.75. The van der Waals surface area contributed by atoms with Gasteiger partial charge < -0.3 is 10.1 Å². The number of fused-ring (bicyclic) bond motifs is 1. The van der Waals surface area contributed by atoms with Crippen LogP contribution in [0, 0.1) is 0 Å². The third-order valence-corrected chi connectivity index (χ3v) is 4.13. The number of nitrogens with zero attached hydrogens (tertiary/aromatic N) is 1. The van der Waals surface area contributed by atoms with Crippen molar-refractivity contribution >= 4 is 33.8 Å². The first kappa shape index (κ1) is 16.0. The highest BCUT2D eigenvalue weighted by atomic mass is 32.1. The molecular weight excluding hydrogens is 308 g/mol. The molecule has 0 spiro atoms. The Bertz CT molecular complexity index is 658. The van der Waals surface area contributed by atoms with Crippen LogP contribution in [-0.4, -0.2) is 49.4 Å². The van der Waals surface area contributed by atoms with E-state index >= 15 is 0 Å². The van der Waals surface area contributed by atoms with Gasteiger partial charge in [-0.15, -0.1) is 0 Å². The summed E-state index contributed by atoms with van der Waals surface area (Å²) in [6, 6.07) is 14.5. The summed E-state index contributed by atoms with van der Waals surface area (Å²) in [7, 11) is 0. The maximum Gasteiger partial charge on any atom is 0.185 e. The Hall–Kier alpha value is -1.89. The third kappa shape index (κ3) is 4.79. The number of anilines is 1. The van der Waals surface area contributed by atoms with E-state index in [1.54, 1.807) is 0 Å². The molecule has 2 aromatic rings. The molecule has 0 atom stereocenters. The molecule has 1 saturated heterocycles. The lowest BCUT2D eigenvalue weighted by Gasteiger charge is -2.26. The molecule has 0 aliphatic carbocycles. The first-order valence-electron chi connectivity index (χ1n) is 7.90. The van der Waals surface area contributed by atoms with Crippen molar-refractivity contribution in [2.75, 3.05) is 44.8 Å². The van der Waals surface area contributed by atoms with Crippen molar-refractivity contribution in [3.63, 3.8) is 0 Å². The Balaban J connectivity index is 1.40. The van der Waals surface area contributed by atoms with Gasteiger partial charge >= 0.3 is 0 Å². The number of nitrogens with one attached hydrogen (secondary N) is 3. The lowest BCUT2D eigenvalue weighted by Crippen LogP contribution is -2.44. The van der Waals surface area contributed by atoms with Crippen LogP contribution in [0.2, 0.25) is 0 Å². The molecule has 122 valence electrons. The van der Waals surface area contributed by atoms with Crippen LogP contribution in [0.1, 0.15) is 0 Å². The quantitative estimate of drug-likeness (QED) is 0.576. The first-order valence-corrected chi connectivity index (χ1v) is 8.31. The number of hydrogen-bond acceptors (Lipinski definition) is 4. The van der Waals surface area contributed by atoms with Crippen molar-refractivity contribution in [3.05, 3.63) is 42.5 Å². The van der Waals surface area contributed by atoms with E-state index in [4.69, 9.17) is 17.0 Å². The zero-order valence-corrected chi connectivity index (χ0v) is 13.9. The Kier molecular flexibility index (Phi) is 5.63. The van der Waals surface area contributed by atoms with Crippen LogP contribution in [0.15, 0.2) is 42.5 Å². The molecule has 1 aliphatic heterocycles. The van der Waals surface area contributed by atoms with E-state index in [0.717, 1.165) is 45.1 Å². The fraction of sp³-hybridized carbons (Fsp3) is 0.353. The zero-order chi connectivity index (χ0) is 15.9. The third-order valence-electron chi connectivity index (χ3n) is 3.89. The molecule has 1 aliphatic rings. The minimum Gasteiger partial charge on any atom is -0.379 e. The summed E-state index contributed by atoms with van der Waals surface area (Å²) in [6.07, 6.45) is 0. The highest BCUT2D eigenvalue weighted by molar-refractivity contribution is 7.80. The summed E-state index contributed by atoms with van der Waals surface area (Å²) >= 11 is 5.29. The number of hydrazine groups is 1. The predicted octanol–water partition coefficient (Wildman–Crippen LogP) is 1.96. The maximum absolute atomic E-state index is 5.34. The zero-order valence-electron chi connectivity index (χ0n) is 13.0. The van der Waals surface area contributed by atoms with E-state index in [9.17, 15) is 0 Å². The minimum absolute atomic E-state index is 0.603. The number of ether oxygens (including phenoxy) is 1. The van der Waals surface area contributed by atoms with E-state index in [1.807, 2.05) is 18.2 Å². The maximum atomic E-state index is 5.34. The molecule has 1 heterocycles. The highest BCUT2D eigenvalue weighted by Gasteiger charge is 2.09. The van der Waals surface area contributed by atoms with Gasteiger partial charge in [-0.25, -0.2) is 0 Å². The molecule has 0 bridgehead atoms. The predicted molar refractivity (Wildman–Crippen MR) is 98.6 cm³/mol. The monoisotopic (exact) mass is 330 g/mol. The van der Waals surface area contributed by atoms with Crippen molar-refractivity contribution < 1.29 is 4.74 Å². The van der Waals surface area contributed by atoms with Gasteiger partial charge in [0.1, 0.15) is 0 Å². The van der Waals surface area contributed by atoms with Crippen molar-refractivity contribution in [1.29, 1.82) is 0 Å². The van der Waals surface area contributed by atoms with Crippen LogP contribution in [0.4, 0.5) is 5.69 Å². The second kappa shape index (κ2) is 8.10. The van der Waals surface area contributed by atoms with Crippen LogP contribution in [0.3, 0.4) is 0 Å². The lowest BCUT2D eigenvalue weighted by molar-refractivity contribution is 0.0389. The molecule has 0 aromatic heterocycles. The number of thiocarbonyl (C=S) groups is 1. The largest absolute Gasteiger partial charge is 0.379 e. The normalized spacial score (nSPS) is 15.3. The van der Waals surface area contributed by atoms with E-state index in [-0.39, 0.29) is 0 Å². The van der Waals surface area contributed by atoms with Crippen LogP contribution in [0.5, 0.6) is 0 Å². The molecule has 3 N–H and O–H groups in total. The van der Waals surface area contributed by atoms with Gasteiger partial charge in [-0.1, -0.05) is 30.3 Å². The number of rotatable bonds is 5. The summed E-state index contributed by atoms with van der Waals surface area (Å²) in [5, 5.41) is 6.24. The summed E-state index contributed by atoms with van der Waals surface area (Å²) in [4.78, 5) is 2.37. The average Bonchev–Trinajstić information content (AvgIpc) is 2.61. The number of morpholine rings is 1. The van der Waals surface area contributed by atoms with E-state index in [0.29, 0.717) is 5.11 Å². The van der Waals surface area contributed by atoms with Gasteiger partial charge in [-0.05, 0) is 35.1 Å². The van der Waals surface area contributed by atoms with Crippen LogP contribution in [0.25, 0.3) is 10.8 Å². The SMILES string of the molecule is S=C(NCCN1CCOCC1)NNc1ccc2ccccc2c1. The van der Waals surface area contributed by atoms with Crippen molar-refractivity contribution in [1.82, 2.24) is 15.6 Å². The second-order valence-electron chi connectivity index (χ2n) is 5.52. The van der Waals surface area contributed by atoms with Gasteiger partial charge in [0.25, 0.3) is 0 Å². The summed E-state index contributed by atoms with van der Waals surface area (Å²) in [6.45, 7) is 5.44. The molecule has 1 fully saturated rings. The molecule has 0 amide bonds. The van der Waals surface area contributed by atoms with Gasteiger partial charge in [0, 0.05) is 26.2 Å². The first-order chi connectivity index (χ1) is 11.3. The minimum atomic E-state index is 0.603. The van der Waals surface area contributed by atoms with Crippen molar-refractivity contribution in [3.8, 4) is 0 Å². The summed E-state index contributed by atoms with van der Waals surface area (Å²) in [5.74, 6) is 0. The van der Waals surface area contributed by atoms with Crippen LogP contribution in [-0.2, 0) is 4.74 Å². The Labute approximate surface area is 142 Å². The number of benzene rings is 2. The van der Waals surface area contributed by atoms with Gasteiger partial charge in [0.2, 0.25) is 0 Å². The molecule has 2 aromatic carbocycles. The molecule has 0 radical (unpaired) electrons. The number of hydrogen-bond donors (Lipinski definition) is 3. The van der Waals surface area contributed by atoms with Gasteiger partial charge in [0.05, 0.1) is 18.9 Å². The van der Waals surface area contributed by atoms with Crippen molar-refractivity contribution in [2.24, 2.45) is 0 Å². The Morgan fingerprint density at radius 3 is 2.70 bits per heavy atom. The average molecular weight is 330 g/mol. The van der Waals surface area contributed by atoms with E-state index < -0.39 is 0 Å². The van der Waals surface area contributed by atoms with E-state index in [2.05, 4.69) is 45.3 Å². The standard InChI is InChI=1S/C17H22N4OS/c23-17(18-7-8-21-9-11-22-12-10-21)20-19-16-6-5-14-3-1-2-4-15(14)13-16/h1-6,13,19H,7-12H2,(H2,18,20,23). The molecule has 23 heavy (non-hydrogen) atoms. The molecule has 0 unspecified atom stereocenters. The molecule has 5 nitrogen and oxygen atoms in total. The Morgan fingerprint density at radius 2 is 1.87 bits per heavy atom. The molecule has 0 saturated carbocycles. The van der Waals surface area contributed by atoms with Crippen LogP contribution >= 0.6 is 12.2 Å².